The Hall–Kier alpha value is -5.41. The molecule has 0 saturated heterocycles. The Morgan fingerprint density at radius 3 is 1.75 bits per heavy atom. The van der Waals surface area contributed by atoms with Gasteiger partial charge in [-0.2, -0.15) is 0 Å². The molecule has 0 bridgehead atoms. The summed E-state index contributed by atoms with van der Waals surface area (Å²) in [7, 11) is 0. The van der Waals surface area contributed by atoms with Crippen molar-refractivity contribution in [1.29, 1.82) is 0 Å². The zero-order chi connectivity index (χ0) is 31.2. The van der Waals surface area contributed by atoms with Gasteiger partial charge in [-0.15, -0.1) is 11.3 Å². The van der Waals surface area contributed by atoms with Gasteiger partial charge in [-0.3, -0.25) is 4.79 Å². The van der Waals surface area contributed by atoms with E-state index in [1.165, 1.54) is 13.8 Å². The van der Waals surface area contributed by atoms with Gasteiger partial charge in [-0.05, 0) is 55.8 Å². The Balaban J connectivity index is 1.59. The lowest BCUT2D eigenvalue weighted by molar-refractivity contribution is -0.141. The first-order valence-corrected chi connectivity index (χ1v) is 14.7. The highest BCUT2D eigenvalue weighted by molar-refractivity contribution is 7.18. The van der Waals surface area contributed by atoms with Crippen LogP contribution in [0, 0.1) is 0 Å². The highest BCUT2D eigenvalue weighted by Gasteiger charge is 2.20. The summed E-state index contributed by atoms with van der Waals surface area (Å²) in [6.07, 6.45) is 0. The molecule has 8 nitrogen and oxygen atoms in total. The maximum absolute atomic E-state index is 13.1. The summed E-state index contributed by atoms with van der Waals surface area (Å²) in [5, 5.41) is 10.9. The van der Waals surface area contributed by atoms with E-state index < -0.39 is 11.9 Å². The van der Waals surface area contributed by atoms with Gasteiger partial charge in [0, 0.05) is 57.4 Å². The van der Waals surface area contributed by atoms with Crippen molar-refractivity contribution in [2.75, 3.05) is 4.90 Å². The average molecular weight is 604 g/mol. The fourth-order valence-corrected chi connectivity index (χ4v) is 5.77. The minimum absolute atomic E-state index is 0.0521. The monoisotopic (exact) mass is 603 g/mol. The molecule has 0 aliphatic carbocycles. The van der Waals surface area contributed by atoms with Crippen molar-refractivity contribution in [2.45, 2.75) is 27.7 Å². The van der Waals surface area contributed by atoms with E-state index in [0.29, 0.717) is 22.6 Å². The molecule has 5 rings (SSSR count). The van der Waals surface area contributed by atoms with Crippen LogP contribution in [0.15, 0.2) is 113 Å². The molecule has 0 spiro atoms. The SMILES string of the molecule is CC(=O)O/N=C(/C)c1ccc(N(c2ccc(C(=O)c3ccccc3)cc2)c2csc3c(/C(C)=N\OC(C)=O)cccc23)cc1. The van der Waals surface area contributed by atoms with E-state index in [1.807, 2.05) is 84.9 Å². The van der Waals surface area contributed by atoms with Crippen molar-refractivity contribution in [2.24, 2.45) is 10.3 Å². The van der Waals surface area contributed by atoms with Crippen LogP contribution in [0.1, 0.15) is 54.7 Å². The smallest absolute Gasteiger partial charge is 0.318 e. The molecular formula is C35H29N3O5S. The van der Waals surface area contributed by atoms with Crippen LogP contribution in [0.4, 0.5) is 17.1 Å². The first kappa shape index (κ1) is 30.1. The average Bonchev–Trinajstić information content (AvgIpc) is 3.47. The number of hydrogen-bond acceptors (Lipinski definition) is 9. The number of hydrogen-bond donors (Lipinski definition) is 0. The van der Waals surface area contributed by atoms with E-state index in [2.05, 4.69) is 20.6 Å². The van der Waals surface area contributed by atoms with E-state index in [4.69, 9.17) is 9.68 Å². The third-order valence-electron chi connectivity index (χ3n) is 6.80. The van der Waals surface area contributed by atoms with Crippen molar-refractivity contribution in [3.05, 3.63) is 125 Å². The van der Waals surface area contributed by atoms with Gasteiger partial charge < -0.3 is 14.6 Å². The molecule has 1 aromatic heterocycles. The van der Waals surface area contributed by atoms with Crippen LogP contribution in [0.3, 0.4) is 0 Å². The molecule has 220 valence electrons. The summed E-state index contributed by atoms with van der Waals surface area (Å²) in [5.41, 5.74) is 6.66. The summed E-state index contributed by atoms with van der Waals surface area (Å²) >= 11 is 1.56. The zero-order valence-corrected chi connectivity index (χ0v) is 25.4. The highest BCUT2D eigenvalue weighted by atomic mass is 32.1. The van der Waals surface area contributed by atoms with E-state index in [1.54, 1.807) is 37.3 Å². The first-order valence-electron chi connectivity index (χ1n) is 13.8. The molecule has 0 amide bonds. The minimum atomic E-state index is -0.488. The highest BCUT2D eigenvalue weighted by Crippen LogP contribution is 2.43. The molecule has 1 heterocycles. The second kappa shape index (κ2) is 13.3. The van der Waals surface area contributed by atoms with Crippen LogP contribution >= 0.6 is 11.3 Å². The molecule has 0 saturated carbocycles. The van der Waals surface area contributed by atoms with Crippen LogP contribution in [0.25, 0.3) is 10.1 Å². The Morgan fingerprint density at radius 2 is 1.16 bits per heavy atom. The van der Waals surface area contributed by atoms with Crippen molar-refractivity contribution >= 4 is 67.6 Å². The van der Waals surface area contributed by atoms with Gasteiger partial charge in [0.2, 0.25) is 0 Å². The molecule has 44 heavy (non-hydrogen) atoms. The molecule has 0 N–H and O–H groups in total. The standard InChI is InChI=1S/C35H29N3O5S/c1-22(36-42-24(3)39)26-13-17-29(18-14-26)38(30-19-15-28(16-20-30)34(41)27-9-6-5-7-10-27)33-21-44-35-31(11-8-12-32(33)35)23(2)37-43-25(4)40/h5-21H,1-4H3/b36-22-,37-23-. The van der Waals surface area contributed by atoms with E-state index in [9.17, 15) is 14.4 Å². The van der Waals surface area contributed by atoms with Gasteiger partial charge in [-0.25, -0.2) is 9.59 Å². The van der Waals surface area contributed by atoms with Gasteiger partial charge in [0.25, 0.3) is 0 Å². The number of fused-ring (bicyclic) bond motifs is 1. The fraction of sp³-hybridized carbons (Fsp3) is 0.114. The van der Waals surface area contributed by atoms with Crippen LogP contribution in [-0.4, -0.2) is 29.1 Å². The lowest BCUT2D eigenvalue weighted by Crippen LogP contribution is -2.10. The molecule has 0 fully saturated rings. The van der Waals surface area contributed by atoms with Crippen molar-refractivity contribution in [3.8, 4) is 0 Å². The Bertz CT molecular complexity index is 1890. The quantitative estimate of drug-likeness (QED) is 0.0729. The molecule has 0 aliphatic heterocycles. The Kier molecular flexibility index (Phi) is 9.06. The van der Waals surface area contributed by atoms with Crippen LogP contribution in [-0.2, 0) is 19.3 Å². The second-order valence-electron chi connectivity index (χ2n) is 9.95. The fourth-order valence-electron chi connectivity index (χ4n) is 4.67. The molecule has 0 radical (unpaired) electrons. The molecule has 4 aromatic carbocycles. The van der Waals surface area contributed by atoms with Crippen LogP contribution < -0.4 is 4.90 Å². The van der Waals surface area contributed by atoms with E-state index in [0.717, 1.165) is 38.3 Å². The zero-order valence-electron chi connectivity index (χ0n) is 24.6. The normalized spacial score (nSPS) is 11.7. The number of carbonyl (C=O) groups is 3. The number of carbonyl (C=O) groups excluding carboxylic acids is 3. The number of anilines is 3. The van der Waals surface area contributed by atoms with Crippen LogP contribution in [0.2, 0.25) is 0 Å². The lowest BCUT2D eigenvalue weighted by Gasteiger charge is -2.25. The molecule has 0 aliphatic rings. The predicted molar refractivity (Wildman–Crippen MR) is 174 cm³/mol. The number of nitrogens with zero attached hydrogens (tertiary/aromatic N) is 3. The number of oxime groups is 2. The number of thiophene rings is 1. The summed E-state index contributed by atoms with van der Waals surface area (Å²) in [5.74, 6) is -1.03. The third kappa shape index (κ3) is 6.63. The molecule has 0 atom stereocenters. The van der Waals surface area contributed by atoms with Crippen molar-refractivity contribution in [3.63, 3.8) is 0 Å². The van der Waals surface area contributed by atoms with Gasteiger partial charge in [-0.1, -0.05) is 71.0 Å². The van der Waals surface area contributed by atoms with Gasteiger partial charge >= 0.3 is 11.9 Å². The number of rotatable bonds is 9. The topological polar surface area (TPSA) is 97.6 Å². The Labute approximate surface area is 258 Å². The molecule has 9 heteroatoms. The summed E-state index contributed by atoms with van der Waals surface area (Å²) in [4.78, 5) is 47.5. The Morgan fingerprint density at radius 1 is 0.614 bits per heavy atom. The molecular weight excluding hydrogens is 574 g/mol. The van der Waals surface area contributed by atoms with E-state index >= 15 is 0 Å². The maximum Gasteiger partial charge on any atom is 0.331 e. The van der Waals surface area contributed by atoms with Gasteiger partial charge in [0.1, 0.15) is 0 Å². The molecule has 5 aromatic rings. The van der Waals surface area contributed by atoms with Crippen molar-refractivity contribution < 1.29 is 24.1 Å². The maximum atomic E-state index is 13.1. The molecule has 0 unspecified atom stereocenters. The lowest BCUT2D eigenvalue weighted by atomic mass is 10.0. The summed E-state index contributed by atoms with van der Waals surface area (Å²) in [6.45, 7) is 6.18. The van der Waals surface area contributed by atoms with E-state index in [-0.39, 0.29) is 5.78 Å². The number of ketones is 1. The summed E-state index contributed by atoms with van der Waals surface area (Å²) < 4.78 is 0.984. The third-order valence-corrected chi connectivity index (χ3v) is 7.82. The van der Waals surface area contributed by atoms with Gasteiger partial charge in [0.05, 0.1) is 17.1 Å². The largest absolute Gasteiger partial charge is 0.331 e. The first-order chi connectivity index (χ1) is 21.2. The number of benzene rings is 4. The second-order valence-corrected chi connectivity index (χ2v) is 10.8. The van der Waals surface area contributed by atoms with Gasteiger partial charge in [0.15, 0.2) is 5.78 Å². The predicted octanol–water partition coefficient (Wildman–Crippen LogP) is 8.18. The summed E-state index contributed by atoms with van der Waals surface area (Å²) in [6, 6.07) is 30.4. The van der Waals surface area contributed by atoms with Crippen molar-refractivity contribution in [1.82, 2.24) is 0 Å². The minimum Gasteiger partial charge on any atom is -0.318 e. The van der Waals surface area contributed by atoms with Crippen LogP contribution in [0.5, 0.6) is 0 Å².